The minimum absolute atomic E-state index is 0. The van der Waals surface area contributed by atoms with Crippen LogP contribution in [0.2, 0.25) is 0 Å². The van der Waals surface area contributed by atoms with Crippen LogP contribution in [0, 0.1) is 0 Å². The quantitative estimate of drug-likeness (QED) is 0.225. The summed E-state index contributed by atoms with van der Waals surface area (Å²) in [4.78, 5) is 0. The predicted molar refractivity (Wildman–Crippen MR) is 129 cm³/mol. The van der Waals surface area contributed by atoms with Crippen LogP contribution in [0.15, 0.2) is 78.9 Å². The average Bonchev–Trinajstić information content (AvgIpc) is 3.30. The van der Waals surface area contributed by atoms with E-state index in [1.54, 1.807) is 5.30 Å². The average molecular weight is 452 g/mol. The molecule has 1 unspecified atom stereocenters. The number of rotatable bonds is 6. The normalized spacial score (nSPS) is 12.1. The first-order valence-electron chi connectivity index (χ1n) is 9.97. The van der Waals surface area contributed by atoms with E-state index < -0.39 is 0 Å². The van der Waals surface area contributed by atoms with E-state index in [4.69, 9.17) is 0 Å². The van der Waals surface area contributed by atoms with Gasteiger partial charge in [-0.2, -0.15) is 24.3 Å². The fraction of sp³-hybridized carbons (Fsp3) is 0.360. The third-order valence-corrected chi connectivity index (χ3v) is 10.4. The summed E-state index contributed by atoms with van der Waals surface area (Å²) in [7, 11) is -0.110. The van der Waals surface area contributed by atoms with E-state index in [2.05, 4.69) is 120 Å². The van der Waals surface area contributed by atoms with Crippen molar-refractivity contribution in [2.45, 2.75) is 58.5 Å². The standard InChI is InChI=1S/C14H16P.C11H18P.Fe/c1-12(2)15(14-10-6-7-11-14)13-8-4-3-5-9-13;1-9(2)12(10(3)4)11-7-5-6-8-11;/h3-12H,1-2H3;5-10H,1-4H3;/q2*-1;+2. The molecule has 152 valence electrons. The van der Waals surface area contributed by atoms with Crippen molar-refractivity contribution in [1.82, 2.24) is 0 Å². The molecule has 0 saturated heterocycles. The molecule has 1 atom stereocenters. The van der Waals surface area contributed by atoms with E-state index in [9.17, 15) is 0 Å². The molecule has 0 aliphatic heterocycles. The van der Waals surface area contributed by atoms with Gasteiger partial charge in [0.2, 0.25) is 0 Å². The Morgan fingerprint density at radius 3 is 1.50 bits per heavy atom. The molecule has 0 aliphatic rings. The first-order valence-corrected chi connectivity index (χ1v) is 12.9. The van der Waals surface area contributed by atoms with Crippen molar-refractivity contribution in [1.29, 1.82) is 0 Å². The van der Waals surface area contributed by atoms with Crippen LogP contribution in [-0.2, 0) is 17.1 Å². The van der Waals surface area contributed by atoms with Crippen molar-refractivity contribution >= 4 is 31.8 Å². The Bertz CT molecular complexity index is 720. The first kappa shape index (κ1) is 25.3. The van der Waals surface area contributed by atoms with Gasteiger partial charge in [0, 0.05) is 0 Å². The van der Waals surface area contributed by atoms with Gasteiger partial charge in [0.1, 0.15) is 0 Å². The molecule has 0 amide bonds. The molecule has 3 aromatic carbocycles. The van der Waals surface area contributed by atoms with E-state index in [-0.39, 0.29) is 32.9 Å². The zero-order valence-corrected chi connectivity index (χ0v) is 20.9. The Morgan fingerprint density at radius 1 is 0.607 bits per heavy atom. The van der Waals surface area contributed by atoms with E-state index >= 15 is 0 Å². The van der Waals surface area contributed by atoms with Crippen molar-refractivity contribution in [3.05, 3.63) is 78.9 Å². The van der Waals surface area contributed by atoms with Gasteiger partial charge in [-0.05, 0) is 22.3 Å². The van der Waals surface area contributed by atoms with E-state index in [0.717, 1.165) is 11.3 Å². The topological polar surface area (TPSA) is 0 Å². The molecule has 3 rings (SSSR count). The molecule has 0 aliphatic carbocycles. The minimum atomic E-state index is -0.173. The maximum atomic E-state index is 2.33. The maximum Gasteiger partial charge on any atom is 2.00 e. The number of hydrogen-bond donors (Lipinski definition) is 0. The van der Waals surface area contributed by atoms with Crippen LogP contribution in [0.25, 0.3) is 0 Å². The fourth-order valence-corrected chi connectivity index (χ4v) is 8.97. The van der Waals surface area contributed by atoms with Gasteiger partial charge in [-0.3, -0.25) is 0 Å². The van der Waals surface area contributed by atoms with Gasteiger partial charge in [-0.15, -0.1) is 10.6 Å². The second kappa shape index (κ2) is 12.8. The summed E-state index contributed by atoms with van der Waals surface area (Å²) in [6.07, 6.45) is 0. The molecule has 0 radical (unpaired) electrons. The van der Waals surface area contributed by atoms with Gasteiger partial charge in [-0.25, -0.2) is 24.3 Å². The van der Waals surface area contributed by atoms with Gasteiger partial charge >= 0.3 is 17.1 Å². The summed E-state index contributed by atoms with van der Waals surface area (Å²) in [6.45, 7) is 14.0. The van der Waals surface area contributed by atoms with Crippen LogP contribution in [0.5, 0.6) is 0 Å². The van der Waals surface area contributed by atoms with Gasteiger partial charge in [0.05, 0.1) is 0 Å². The Hall–Kier alpha value is -0.701. The van der Waals surface area contributed by atoms with Crippen LogP contribution in [-0.4, -0.2) is 17.0 Å². The Labute approximate surface area is 185 Å². The largest absolute Gasteiger partial charge is 2.00 e. The van der Waals surface area contributed by atoms with Gasteiger partial charge in [0.25, 0.3) is 0 Å². The van der Waals surface area contributed by atoms with E-state index in [0.29, 0.717) is 5.66 Å². The summed E-state index contributed by atoms with van der Waals surface area (Å²) in [5.74, 6) is 0. The molecule has 3 aromatic rings. The SMILES string of the molecule is CC(C)P(c1ccc[cH-]1)C(C)C.CC(C)P(c1ccccc1)c1ccc[cH-]1.[Fe+2]. The molecule has 28 heavy (non-hydrogen) atoms. The van der Waals surface area contributed by atoms with Crippen LogP contribution in [0.3, 0.4) is 0 Å². The predicted octanol–water partition coefficient (Wildman–Crippen LogP) is 6.57. The Morgan fingerprint density at radius 2 is 1.11 bits per heavy atom. The van der Waals surface area contributed by atoms with Crippen molar-refractivity contribution in [3.8, 4) is 0 Å². The molecular weight excluding hydrogens is 418 g/mol. The third-order valence-electron chi connectivity index (χ3n) is 4.53. The molecular formula is C25H34FeP2. The van der Waals surface area contributed by atoms with E-state index in [1.807, 2.05) is 0 Å². The molecule has 0 bridgehead atoms. The van der Waals surface area contributed by atoms with Gasteiger partial charge in [-0.1, -0.05) is 87.7 Å². The molecule has 0 N–H and O–H groups in total. The summed E-state index contributed by atoms with van der Waals surface area (Å²) in [5, 5.41) is 4.54. The maximum absolute atomic E-state index is 2.33. The zero-order valence-electron chi connectivity index (χ0n) is 18.0. The van der Waals surface area contributed by atoms with Crippen molar-refractivity contribution in [2.24, 2.45) is 0 Å². The molecule has 0 nitrogen and oxygen atoms in total. The molecule has 0 fully saturated rings. The number of hydrogen-bond acceptors (Lipinski definition) is 0. The fourth-order valence-electron chi connectivity index (χ4n) is 3.59. The van der Waals surface area contributed by atoms with Crippen molar-refractivity contribution < 1.29 is 17.1 Å². The van der Waals surface area contributed by atoms with E-state index in [1.165, 1.54) is 10.6 Å². The van der Waals surface area contributed by atoms with Crippen LogP contribution in [0.1, 0.15) is 41.5 Å². The van der Waals surface area contributed by atoms with Crippen LogP contribution >= 0.6 is 15.8 Å². The molecule has 0 heterocycles. The Kier molecular flexibility index (Phi) is 11.6. The molecule has 3 heteroatoms. The molecule has 0 saturated carbocycles. The second-order valence-electron chi connectivity index (χ2n) is 7.68. The first-order chi connectivity index (χ1) is 12.9. The summed E-state index contributed by atoms with van der Waals surface area (Å²) < 4.78 is 0. The minimum Gasteiger partial charge on any atom is -0.213 e. The number of benzene rings is 1. The summed E-state index contributed by atoms with van der Waals surface area (Å²) >= 11 is 0. The third kappa shape index (κ3) is 7.28. The summed E-state index contributed by atoms with van der Waals surface area (Å²) in [5.41, 5.74) is 2.31. The van der Waals surface area contributed by atoms with Crippen LogP contribution in [0.4, 0.5) is 0 Å². The van der Waals surface area contributed by atoms with Gasteiger partial charge < -0.3 is 0 Å². The smallest absolute Gasteiger partial charge is 0.213 e. The zero-order chi connectivity index (χ0) is 19.8. The summed E-state index contributed by atoms with van der Waals surface area (Å²) in [6, 6.07) is 28.5. The Balaban J connectivity index is 0.000000277. The van der Waals surface area contributed by atoms with Crippen molar-refractivity contribution in [3.63, 3.8) is 0 Å². The monoisotopic (exact) mass is 452 g/mol. The van der Waals surface area contributed by atoms with Crippen molar-refractivity contribution in [2.75, 3.05) is 0 Å². The molecule has 0 spiro atoms. The van der Waals surface area contributed by atoms with Crippen LogP contribution < -0.4 is 15.9 Å². The molecule has 0 aromatic heterocycles. The van der Waals surface area contributed by atoms with Gasteiger partial charge in [0.15, 0.2) is 0 Å². The second-order valence-corrected chi connectivity index (χ2v) is 13.9.